The molecule has 1 aliphatic rings. The fourth-order valence-electron chi connectivity index (χ4n) is 5.07. The third-order valence-electron chi connectivity index (χ3n) is 7.03. The molecular weight excluding hydrogens is 512 g/mol. The molecule has 0 bridgehead atoms. The fourth-order valence-corrected chi connectivity index (χ4v) is 6.21. The second kappa shape index (κ2) is 11.2. The van der Waals surface area contributed by atoms with Crippen molar-refractivity contribution in [3.05, 3.63) is 70.8 Å². The summed E-state index contributed by atoms with van der Waals surface area (Å²) >= 11 is 0. The average molecular weight is 546 g/mol. The summed E-state index contributed by atoms with van der Waals surface area (Å²) in [4.78, 5) is 13.6. The smallest absolute Gasteiger partial charge is 0.416 e. The molecule has 3 unspecified atom stereocenters. The lowest BCUT2D eigenvalue weighted by Gasteiger charge is -2.45. The van der Waals surface area contributed by atoms with Crippen molar-refractivity contribution in [1.29, 1.82) is 0 Å². The molecule has 10 heteroatoms. The van der Waals surface area contributed by atoms with Crippen LogP contribution in [0.2, 0.25) is 25.7 Å². The highest BCUT2D eigenvalue weighted by molar-refractivity contribution is 6.76. The Kier molecular flexibility index (Phi) is 8.84. The van der Waals surface area contributed by atoms with E-state index in [1.165, 1.54) is 24.3 Å². The topological polar surface area (TPSA) is 40.5 Å². The SMILES string of the molecule is C[Si](C)(C)CCC(c1ccc(C(F)(F)F)cc1)N1CCC(CC(=O)O)CC1c1ccc(C(F)(F)F)cc1. The molecule has 2 aromatic rings. The van der Waals surface area contributed by atoms with Crippen molar-refractivity contribution < 1.29 is 36.2 Å². The minimum Gasteiger partial charge on any atom is -0.481 e. The number of aliphatic carboxylic acids is 1. The zero-order valence-electron chi connectivity index (χ0n) is 21.2. The van der Waals surface area contributed by atoms with Crippen molar-refractivity contribution in [2.45, 2.75) is 75.8 Å². The summed E-state index contributed by atoms with van der Waals surface area (Å²) in [6.45, 7) is 7.14. The van der Waals surface area contributed by atoms with Gasteiger partial charge in [-0.3, -0.25) is 9.69 Å². The fraction of sp³-hybridized carbons (Fsp3) is 0.519. The average Bonchev–Trinajstić information content (AvgIpc) is 2.78. The summed E-state index contributed by atoms with van der Waals surface area (Å²) in [7, 11) is -1.53. The number of nitrogens with zero attached hydrogens (tertiary/aromatic N) is 1. The van der Waals surface area contributed by atoms with E-state index < -0.39 is 37.5 Å². The lowest BCUT2D eigenvalue weighted by molar-refractivity contribution is -0.139. The summed E-state index contributed by atoms with van der Waals surface area (Å²) in [5.41, 5.74) is -0.133. The van der Waals surface area contributed by atoms with Gasteiger partial charge in [-0.25, -0.2) is 0 Å². The standard InChI is InChI=1S/C27H33F6NO2Si/c1-37(2,3)15-13-23(19-4-8-21(9-5-19)26(28,29)30)34-14-12-18(17-25(35)36)16-24(34)20-6-10-22(11-7-20)27(31,32)33/h4-11,18,23-24H,12-17H2,1-3H3,(H,35,36). The molecule has 0 amide bonds. The second-order valence-electron chi connectivity index (χ2n) is 11.1. The first-order valence-corrected chi connectivity index (χ1v) is 16.1. The predicted molar refractivity (Wildman–Crippen MR) is 133 cm³/mol. The lowest BCUT2D eigenvalue weighted by Crippen LogP contribution is -2.40. The Balaban J connectivity index is 2.01. The van der Waals surface area contributed by atoms with Gasteiger partial charge in [0.1, 0.15) is 0 Å². The molecule has 1 saturated heterocycles. The molecule has 3 rings (SSSR count). The summed E-state index contributed by atoms with van der Waals surface area (Å²) in [6.07, 6.45) is -7.23. The van der Waals surface area contributed by atoms with Crippen LogP contribution < -0.4 is 0 Å². The second-order valence-corrected chi connectivity index (χ2v) is 16.7. The van der Waals surface area contributed by atoms with E-state index in [4.69, 9.17) is 0 Å². The molecule has 1 heterocycles. The van der Waals surface area contributed by atoms with E-state index in [9.17, 15) is 36.2 Å². The third kappa shape index (κ3) is 8.07. The number of halogens is 6. The van der Waals surface area contributed by atoms with Gasteiger partial charge in [0.25, 0.3) is 0 Å². The minimum absolute atomic E-state index is 0.0369. The van der Waals surface area contributed by atoms with Crippen LogP contribution in [0.3, 0.4) is 0 Å². The van der Waals surface area contributed by atoms with Crippen LogP contribution in [0.25, 0.3) is 0 Å². The molecule has 0 saturated carbocycles. The molecule has 1 N–H and O–H groups in total. The zero-order valence-corrected chi connectivity index (χ0v) is 22.2. The maximum atomic E-state index is 13.2. The van der Waals surface area contributed by atoms with Gasteiger partial charge in [-0.2, -0.15) is 26.3 Å². The maximum absolute atomic E-state index is 13.2. The Morgan fingerprint density at radius 1 is 0.946 bits per heavy atom. The molecule has 2 aromatic carbocycles. The Hall–Kier alpha value is -2.33. The maximum Gasteiger partial charge on any atom is 0.416 e. The van der Waals surface area contributed by atoms with E-state index in [1.807, 2.05) is 0 Å². The quantitative estimate of drug-likeness (QED) is 0.267. The van der Waals surface area contributed by atoms with Crippen LogP contribution in [-0.2, 0) is 17.1 Å². The Labute approximate surface area is 214 Å². The van der Waals surface area contributed by atoms with Crippen molar-refractivity contribution in [2.75, 3.05) is 6.54 Å². The number of carbonyl (C=O) groups is 1. The zero-order chi connectivity index (χ0) is 27.6. The Bertz CT molecular complexity index is 1050. The van der Waals surface area contributed by atoms with Crippen molar-refractivity contribution in [2.24, 2.45) is 5.92 Å². The number of piperidine rings is 1. The predicted octanol–water partition coefficient (Wildman–Crippen LogP) is 8.42. The number of rotatable bonds is 8. The van der Waals surface area contributed by atoms with Crippen molar-refractivity contribution in [3.63, 3.8) is 0 Å². The van der Waals surface area contributed by atoms with E-state index in [0.717, 1.165) is 35.9 Å². The van der Waals surface area contributed by atoms with Crippen LogP contribution in [0, 0.1) is 5.92 Å². The van der Waals surface area contributed by atoms with Crippen LogP contribution in [0.5, 0.6) is 0 Å². The first kappa shape index (κ1) is 29.2. The van der Waals surface area contributed by atoms with Gasteiger partial charge in [-0.15, -0.1) is 0 Å². The summed E-state index contributed by atoms with van der Waals surface area (Å²) in [6, 6.07) is 10.4. The van der Waals surface area contributed by atoms with E-state index in [2.05, 4.69) is 24.5 Å². The van der Waals surface area contributed by atoms with Gasteiger partial charge in [0.2, 0.25) is 0 Å². The summed E-state index contributed by atoms with van der Waals surface area (Å²) in [5, 5.41) is 9.34. The highest BCUT2D eigenvalue weighted by Gasteiger charge is 2.37. The first-order chi connectivity index (χ1) is 17.0. The number of carboxylic acids is 1. The molecular formula is C27H33F6NO2Si. The molecule has 204 valence electrons. The number of hydrogen-bond donors (Lipinski definition) is 1. The minimum atomic E-state index is -4.48. The van der Waals surface area contributed by atoms with Crippen LogP contribution in [0.15, 0.2) is 48.5 Å². The number of benzene rings is 2. The van der Waals surface area contributed by atoms with Crippen molar-refractivity contribution >= 4 is 14.0 Å². The number of alkyl halides is 6. The van der Waals surface area contributed by atoms with E-state index in [1.54, 1.807) is 0 Å². The number of likely N-dealkylation sites (tertiary alicyclic amines) is 1. The normalized spacial score (nSPS) is 20.6. The van der Waals surface area contributed by atoms with E-state index in [-0.39, 0.29) is 24.4 Å². The van der Waals surface area contributed by atoms with Gasteiger partial charge in [0.05, 0.1) is 11.1 Å². The van der Waals surface area contributed by atoms with Gasteiger partial charge < -0.3 is 5.11 Å². The van der Waals surface area contributed by atoms with Crippen molar-refractivity contribution in [3.8, 4) is 0 Å². The van der Waals surface area contributed by atoms with Gasteiger partial charge in [-0.1, -0.05) is 50.0 Å². The molecule has 37 heavy (non-hydrogen) atoms. The third-order valence-corrected chi connectivity index (χ3v) is 8.82. The molecule has 3 atom stereocenters. The van der Waals surface area contributed by atoms with Gasteiger partial charge in [-0.05, 0) is 67.1 Å². The van der Waals surface area contributed by atoms with E-state index >= 15 is 0 Å². The van der Waals surface area contributed by atoms with Crippen molar-refractivity contribution in [1.82, 2.24) is 4.90 Å². The van der Waals surface area contributed by atoms with E-state index in [0.29, 0.717) is 31.4 Å². The Morgan fingerprint density at radius 2 is 1.46 bits per heavy atom. The summed E-state index contributed by atoms with van der Waals surface area (Å²) in [5.74, 6) is -1.08. The largest absolute Gasteiger partial charge is 0.481 e. The van der Waals surface area contributed by atoms with Crippen LogP contribution in [0.1, 0.15) is 60.0 Å². The molecule has 0 aliphatic carbocycles. The molecule has 0 aromatic heterocycles. The molecule has 1 fully saturated rings. The highest BCUT2D eigenvalue weighted by atomic mass is 28.3. The highest BCUT2D eigenvalue weighted by Crippen LogP contribution is 2.44. The molecule has 0 radical (unpaired) electrons. The number of carboxylic acid groups (broad SMARTS) is 1. The lowest BCUT2D eigenvalue weighted by atomic mass is 9.83. The number of hydrogen-bond acceptors (Lipinski definition) is 2. The summed E-state index contributed by atoms with van der Waals surface area (Å²) < 4.78 is 79.1. The first-order valence-electron chi connectivity index (χ1n) is 12.4. The van der Waals surface area contributed by atoms with Crippen LogP contribution >= 0.6 is 0 Å². The van der Waals surface area contributed by atoms with Gasteiger partial charge in [0.15, 0.2) is 0 Å². The van der Waals surface area contributed by atoms with Gasteiger partial charge in [0, 0.05) is 26.6 Å². The monoisotopic (exact) mass is 545 g/mol. The molecule has 1 aliphatic heterocycles. The Morgan fingerprint density at radius 3 is 1.92 bits per heavy atom. The van der Waals surface area contributed by atoms with Gasteiger partial charge >= 0.3 is 18.3 Å². The van der Waals surface area contributed by atoms with Crippen LogP contribution in [0.4, 0.5) is 26.3 Å². The molecule has 3 nitrogen and oxygen atoms in total. The van der Waals surface area contributed by atoms with Crippen LogP contribution in [-0.4, -0.2) is 30.6 Å². The molecule has 0 spiro atoms.